The molecule has 1 aliphatic heterocycles. The van der Waals surface area contributed by atoms with Crippen molar-refractivity contribution < 1.29 is 9.53 Å². The van der Waals surface area contributed by atoms with Crippen LogP contribution < -0.4 is 0 Å². The van der Waals surface area contributed by atoms with Gasteiger partial charge in [-0.05, 0) is 25.0 Å². The van der Waals surface area contributed by atoms with E-state index in [-0.39, 0.29) is 12.6 Å². The Kier molecular flexibility index (Phi) is 1.78. The molecule has 3 heteroatoms. The summed E-state index contributed by atoms with van der Waals surface area (Å²) in [6.45, 7) is 3.97. The molecule has 0 unspecified atom stereocenters. The number of nitriles is 1. The standard InChI is InChI=1S/C11H9NO2/c1-6-3-7(2)10-9(8(6)4-12)5-14-11(10)13/h3H,5H2,1-2H3. The second kappa shape index (κ2) is 2.85. The van der Waals surface area contributed by atoms with Gasteiger partial charge in [0.2, 0.25) is 0 Å². The summed E-state index contributed by atoms with van der Waals surface area (Å²) in [6, 6.07) is 3.96. The molecule has 70 valence electrons. The number of hydrogen-bond donors (Lipinski definition) is 0. The number of carbonyl (C=O) groups excluding carboxylic acids is 1. The van der Waals surface area contributed by atoms with Gasteiger partial charge in [0.15, 0.2) is 0 Å². The zero-order valence-electron chi connectivity index (χ0n) is 8.05. The minimum absolute atomic E-state index is 0.236. The smallest absolute Gasteiger partial charge is 0.339 e. The molecular formula is C11H9NO2. The Morgan fingerprint density at radius 2 is 2.14 bits per heavy atom. The number of esters is 1. The number of cyclic esters (lactones) is 1. The largest absolute Gasteiger partial charge is 0.457 e. The first-order chi connectivity index (χ1) is 6.65. The van der Waals surface area contributed by atoms with E-state index >= 15 is 0 Å². The molecule has 1 aromatic rings. The fourth-order valence-electron chi connectivity index (χ4n) is 1.86. The van der Waals surface area contributed by atoms with Crippen molar-refractivity contribution in [2.75, 3.05) is 0 Å². The summed E-state index contributed by atoms with van der Waals surface area (Å²) >= 11 is 0. The molecule has 1 aromatic carbocycles. The van der Waals surface area contributed by atoms with Crippen molar-refractivity contribution in [1.29, 1.82) is 5.26 Å². The lowest BCUT2D eigenvalue weighted by atomic mass is 9.95. The van der Waals surface area contributed by atoms with Gasteiger partial charge >= 0.3 is 5.97 Å². The number of fused-ring (bicyclic) bond motifs is 1. The quantitative estimate of drug-likeness (QED) is 0.582. The second-order valence-corrected chi connectivity index (χ2v) is 3.43. The van der Waals surface area contributed by atoms with Crippen molar-refractivity contribution in [3.63, 3.8) is 0 Å². The van der Waals surface area contributed by atoms with E-state index in [9.17, 15) is 4.79 Å². The number of rotatable bonds is 0. The molecule has 0 saturated carbocycles. The summed E-state index contributed by atoms with van der Waals surface area (Å²) in [6.07, 6.45) is 0. The molecule has 1 aliphatic rings. The van der Waals surface area contributed by atoms with Crippen LogP contribution in [0.15, 0.2) is 6.07 Å². The maximum absolute atomic E-state index is 11.3. The molecule has 0 N–H and O–H groups in total. The van der Waals surface area contributed by atoms with Crippen LogP contribution in [0.3, 0.4) is 0 Å². The van der Waals surface area contributed by atoms with Gasteiger partial charge in [-0.3, -0.25) is 0 Å². The Morgan fingerprint density at radius 1 is 1.43 bits per heavy atom. The summed E-state index contributed by atoms with van der Waals surface area (Å²) < 4.78 is 4.91. The van der Waals surface area contributed by atoms with Gasteiger partial charge in [-0.2, -0.15) is 5.26 Å². The van der Waals surface area contributed by atoms with E-state index in [1.807, 2.05) is 19.9 Å². The van der Waals surface area contributed by atoms with E-state index in [1.165, 1.54) is 0 Å². The van der Waals surface area contributed by atoms with Gasteiger partial charge in [-0.25, -0.2) is 4.79 Å². The summed E-state index contributed by atoms with van der Waals surface area (Å²) in [7, 11) is 0. The molecule has 0 radical (unpaired) electrons. The van der Waals surface area contributed by atoms with Gasteiger partial charge in [0.05, 0.1) is 17.2 Å². The summed E-state index contributed by atoms with van der Waals surface area (Å²) in [4.78, 5) is 11.3. The maximum atomic E-state index is 11.3. The van der Waals surface area contributed by atoms with Crippen molar-refractivity contribution in [3.8, 4) is 6.07 Å². The SMILES string of the molecule is Cc1cc(C)c2c(c1C#N)COC2=O. The molecule has 0 saturated heterocycles. The molecule has 0 spiro atoms. The van der Waals surface area contributed by atoms with Crippen LogP contribution >= 0.6 is 0 Å². The van der Waals surface area contributed by atoms with Gasteiger partial charge in [0.1, 0.15) is 6.61 Å². The van der Waals surface area contributed by atoms with Crippen molar-refractivity contribution in [1.82, 2.24) is 0 Å². The van der Waals surface area contributed by atoms with Crippen molar-refractivity contribution in [2.45, 2.75) is 20.5 Å². The second-order valence-electron chi connectivity index (χ2n) is 3.43. The lowest BCUT2D eigenvalue weighted by Gasteiger charge is -2.04. The molecule has 2 rings (SSSR count). The summed E-state index contributed by atoms with van der Waals surface area (Å²) in [5, 5.41) is 8.94. The number of carbonyl (C=O) groups is 1. The van der Waals surface area contributed by atoms with E-state index in [1.54, 1.807) is 0 Å². The van der Waals surface area contributed by atoms with Crippen LogP contribution in [0.4, 0.5) is 0 Å². The third kappa shape index (κ3) is 1.01. The lowest BCUT2D eigenvalue weighted by Crippen LogP contribution is -2.00. The van der Waals surface area contributed by atoms with Gasteiger partial charge < -0.3 is 4.74 Å². The zero-order valence-corrected chi connectivity index (χ0v) is 8.05. The highest BCUT2D eigenvalue weighted by Gasteiger charge is 2.27. The average molecular weight is 187 g/mol. The van der Waals surface area contributed by atoms with Crippen molar-refractivity contribution in [2.24, 2.45) is 0 Å². The topological polar surface area (TPSA) is 50.1 Å². The van der Waals surface area contributed by atoms with Gasteiger partial charge in [-0.15, -0.1) is 0 Å². The Bertz CT molecular complexity index is 469. The van der Waals surface area contributed by atoms with E-state index in [0.717, 1.165) is 16.7 Å². The molecule has 1 heterocycles. The van der Waals surface area contributed by atoms with E-state index < -0.39 is 0 Å². The highest BCUT2D eigenvalue weighted by atomic mass is 16.5. The van der Waals surface area contributed by atoms with Crippen LogP contribution in [0.1, 0.15) is 32.6 Å². The molecule has 3 nitrogen and oxygen atoms in total. The average Bonchev–Trinajstić information content (AvgIpc) is 2.49. The minimum Gasteiger partial charge on any atom is -0.457 e. The number of nitrogens with zero attached hydrogens (tertiary/aromatic N) is 1. The molecule has 0 atom stereocenters. The van der Waals surface area contributed by atoms with Crippen molar-refractivity contribution in [3.05, 3.63) is 33.9 Å². The highest BCUT2D eigenvalue weighted by Crippen LogP contribution is 2.28. The monoisotopic (exact) mass is 187 g/mol. The third-order valence-electron chi connectivity index (χ3n) is 2.49. The van der Waals surface area contributed by atoms with Crippen LogP contribution in [-0.4, -0.2) is 5.97 Å². The normalized spacial score (nSPS) is 13.4. The first-order valence-corrected chi connectivity index (χ1v) is 4.35. The number of benzene rings is 1. The van der Waals surface area contributed by atoms with E-state index in [2.05, 4.69) is 6.07 Å². The Labute approximate surface area is 81.9 Å². The first kappa shape index (κ1) is 8.76. The number of hydrogen-bond acceptors (Lipinski definition) is 3. The molecular weight excluding hydrogens is 178 g/mol. The first-order valence-electron chi connectivity index (χ1n) is 4.35. The molecule has 0 aliphatic carbocycles. The predicted molar refractivity (Wildman–Crippen MR) is 49.8 cm³/mol. The maximum Gasteiger partial charge on any atom is 0.339 e. The van der Waals surface area contributed by atoms with Gasteiger partial charge in [0.25, 0.3) is 0 Å². The van der Waals surface area contributed by atoms with Crippen LogP contribution in [0.25, 0.3) is 0 Å². The fraction of sp³-hybridized carbons (Fsp3) is 0.273. The molecule has 14 heavy (non-hydrogen) atoms. The van der Waals surface area contributed by atoms with Crippen LogP contribution in [0.5, 0.6) is 0 Å². The zero-order chi connectivity index (χ0) is 10.3. The van der Waals surface area contributed by atoms with Crippen LogP contribution in [-0.2, 0) is 11.3 Å². The Balaban J connectivity index is 2.81. The van der Waals surface area contributed by atoms with Crippen LogP contribution in [0, 0.1) is 25.2 Å². The lowest BCUT2D eigenvalue weighted by molar-refractivity contribution is 0.0534. The fourth-order valence-corrected chi connectivity index (χ4v) is 1.86. The van der Waals surface area contributed by atoms with Crippen molar-refractivity contribution >= 4 is 5.97 Å². The predicted octanol–water partition coefficient (Wildman–Crippen LogP) is 1.85. The molecule has 0 aromatic heterocycles. The third-order valence-corrected chi connectivity index (χ3v) is 2.49. The summed E-state index contributed by atoms with van der Waals surface area (Å²) in [5.41, 5.74) is 3.69. The van der Waals surface area contributed by atoms with Gasteiger partial charge in [-0.1, -0.05) is 6.07 Å². The minimum atomic E-state index is -0.311. The van der Waals surface area contributed by atoms with Crippen LogP contribution in [0.2, 0.25) is 0 Å². The highest BCUT2D eigenvalue weighted by molar-refractivity contribution is 5.96. The van der Waals surface area contributed by atoms with E-state index in [4.69, 9.17) is 10.00 Å². The molecule has 0 bridgehead atoms. The number of aryl methyl sites for hydroxylation is 2. The van der Waals surface area contributed by atoms with Gasteiger partial charge in [0, 0.05) is 5.56 Å². The Morgan fingerprint density at radius 3 is 2.79 bits per heavy atom. The molecule has 0 amide bonds. The van der Waals surface area contributed by atoms with E-state index in [0.29, 0.717) is 11.1 Å². The number of ether oxygens (including phenoxy) is 1. The Hall–Kier alpha value is -1.82. The molecule has 0 fully saturated rings. The summed E-state index contributed by atoms with van der Waals surface area (Å²) in [5.74, 6) is -0.311.